The van der Waals surface area contributed by atoms with Gasteiger partial charge in [0.25, 0.3) is 5.56 Å². The second-order valence-corrected chi connectivity index (χ2v) is 9.09. The fourth-order valence-electron chi connectivity index (χ4n) is 4.62. The van der Waals surface area contributed by atoms with Gasteiger partial charge in [0, 0.05) is 37.1 Å². The van der Waals surface area contributed by atoms with Gasteiger partial charge in [-0.05, 0) is 69.8 Å². The number of fused-ring (bicyclic) bond motifs is 1. The van der Waals surface area contributed by atoms with Gasteiger partial charge in [-0.3, -0.25) is 14.7 Å². The standard InChI is InChI=1S/C28H28FN7O2/c1-3-26(27-32-33-34-36(27)17-19-6-9-23(29)10-7-19)35(16-20-5-4-12-30-15-20)18-22-13-21-8-11-24(38-2)14-25(21)31-28(22)37/h4-15,26H,3,16-18H2,1-2H3,(H,31,37)/t26-/m0/s1. The van der Waals surface area contributed by atoms with Crippen molar-refractivity contribution in [2.75, 3.05) is 7.11 Å². The number of H-pyrrole nitrogens is 1. The Morgan fingerprint density at radius 2 is 1.92 bits per heavy atom. The fourth-order valence-corrected chi connectivity index (χ4v) is 4.62. The molecular weight excluding hydrogens is 485 g/mol. The molecule has 10 heteroatoms. The second-order valence-electron chi connectivity index (χ2n) is 9.09. The highest BCUT2D eigenvalue weighted by Crippen LogP contribution is 2.27. The Morgan fingerprint density at radius 1 is 1.08 bits per heavy atom. The Balaban J connectivity index is 1.50. The molecule has 0 unspecified atom stereocenters. The van der Waals surface area contributed by atoms with Gasteiger partial charge in [0.1, 0.15) is 11.6 Å². The number of aromatic amines is 1. The number of pyridine rings is 2. The molecule has 0 fully saturated rings. The number of nitrogens with one attached hydrogen (secondary N) is 1. The lowest BCUT2D eigenvalue weighted by atomic mass is 10.1. The zero-order chi connectivity index (χ0) is 26.5. The summed E-state index contributed by atoms with van der Waals surface area (Å²) in [7, 11) is 1.60. The Hall–Kier alpha value is -4.44. The lowest BCUT2D eigenvalue weighted by Crippen LogP contribution is -2.32. The smallest absolute Gasteiger partial charge is 0.252 e. The van der Waals surface area contributed by atoms with E-state index in [2.05, 4.69) is 37.3 Å². The molecule has 2 aromatic carbocycles. The fraction of sp³-hybridized carbons (Fsp3) is 0.250. The maximum atomic E-state index is 13.4. The van der Waals surface area contributed by atoms with Crippen molar-refractivity contribution >= 4 is 10.9 Å². The molecule has 1 N–H and O–H groups in total. The van der Waals surface area contributed by atoms with Gasteiger partial charge in [0.15, 0.2) is 5.82 Å². The Labute approximate surface area is 218 Å². The van der Waals surface area contributed by atoms with Crippen LogP contribution in [0, 0.1) is 5.82 Å². The van der Waals surface area contributed by atoms with E-state index < -0.39 is 0 Å². The summed E-state index contributed by atoms with van der Waals surface area (Å²) < 4.78 is 20.4. The van der Waals surface area contributed by atoms with Crippen LogP contribution in [0.1, 0.15) is 41.9 Å². The summed E-state index contributed by atoms with van der Waals surface area (Å²) >= 11 is 0. The van der Waals surface area contributed by atoms with Crippen LogP contribution in [0.15, 0.2) is 77.9 Å². The zero-order valence-electron chi connectivity index (χ0n) is 21.2. The summed E-state index contributed by atoms with van der Waals surface area (Å²) in [5, 5.41) is 13.4. The van der Waals surface area contributed by atoms with Crippen LogP contribution in [0.5, 0.6) is 5.75 Å². The number of ether oxygens (including phenoxy) is 1. The first-order valence-electron chi connectivity index (χ1n) is 12.4. The number of rotatable bonds is 10. The summed E-state index contributed by atoms with van der Waals surface area (Å²) in [6.07, 6.45) is 4.25. The zero-order valence-corrected chi connectivity index (χ0v) is 21.2. The highest BCUT2D eigenvalue weighted by atomic mass is 19.1. The van der Waals surface area contributed by atoms with E-state index in [1.54, 1.807) is 30.1 Å². The van der Waals surface area contributed by atoms with E-state index in [9.17, 15) is 9.18 Å². The molecule has 3 aromatic heterocycles. The molecule has 5 rings (SSSR count). The number of hydrogen-bond acceptors (Lipinski definition) is 7. The Bertz CT molecular complexity index is 1570. The molecule has 0 amide bonds. The second kappa shape index (κ2) is 11.3. The highest BCUT2D eigenvalue weighted by Gasteiger charge is 2.26. The van der Waals surface area contributed by atoms with E-state index in [0.717, 1.165) is 16.5 Å². The van der Waals surface area contributed by atoms with Crippen molar-refractivity contribution < 1.29 is 9.13 Å². The summed E-state index contributed by atoms with van der Waals surface area (Å²) in [5.74, 6) is 1.06. The van der Waals surface area contributed by atoms with Crippen molar-refractivity contribution in [2.45, 2.75) is 39.0 Å². The number of tetrazole rings is 1. The first-order valence-corrected chi connectivity index (χ1v) is 12.4. The van der Waals surface area contributed by atoms with E-state index in [4.69, 9.17) is 4.74 Å². The summed E-state index contributed by atoms with van der Waals surface area (Å²) in [6.45, 7) is 3.37. The third-order valence-electron chi connectivity index (χ3n) is 6.54. The lowest BCUT2D eigenvalue weighted by molar-refractivity contribution is 0.161. The van der Waals surface area contributed by atoms with Gasteiger partial charge in [-0.1, -0.05) is 25.1 Å². The molecule has 3 heterocycles. The third kappa shape index (κ3) is 5.60. The van der Waals surface area contributed by atoms with Crippen molar-refractivity contribution in [1.29, 1.82) is 0 Å². The van der Waals surface area contributed by atoms with Crippen molar-refractivity contribution in [3.05, 3.63) is 112 Å². The van der Waals surface area contributed by atoms with Gasteiger partial charge in [0.05, 0.1) is 25.2 Å². The minimum Gasteiger partial charge on any atom is -0.497 e. The molecule has 194 valence electrons. The molecule has 0 aliphatic heterocycles. The minimum absolute atomic E-state index is 0.164. The van der Waals surface area contributed by atoms with E-state index in [0.29, 0.717) is 48.7 Å². The quantitative estimate of drug-likeness (QED) is 0.298. The van der Waals surface area contributed by atoms with Crippen LogP contribution in [0.2, 0.25) is 0 Å². The van der Waals surface area contributed by atoms with Gasteiger partial charge in [-0.2, -0.15) is 0 Å². The molecule has 0 aliphatic carbocycles. The molecule has 0 spiro atoms. The number of hydrogen-bond donors (Lipinski definition) is 1. The molecule has 9 nitrogen and oxygen atoms in total. The van der Waals surface area contributed by atoms with Crippen molar-refractivity contribution in [1.82, 2.24) is 35.1 Å². The van der Waals surface area contributed by atoms with Gasteiger partial charge in [0.2, 0.25) is 0 Å². The van der Waals surface area contributed by atoms with Crippen LogP contribution in [-0.2, 0) is 19.6 Å². The number of benzene rings is 2. The van der Waals surface area contributed by atoms with Crippen LogP contribution >= 0.6 is 0 Å². The van der Waals surface area contributed by atoms with E-state index in [1.807, 2.05) is 42.6 Å². The van der Waals surface area contributed by atoms with Crippen LogP contribution < -0.4 is 10.3 Å². The van der Waals surface area contributed by atoms with Crippen LogP contribution in [0.3, 0.4) is 0 Å². The van der Waals surface area contributed by atoms with E-state index in [1.165, 1.54) is 12.1 Å². The topological polar surface area (TPSA) is 102 Å². The van der Waals surface area contributed by atoms with Crippen LogP contribution in [0.25, 0.3) is 10.9 Å². The highest BCUT2D eigenvalue weighted by molar-refractivity contribution is 5.80. The molecule has 1 atom stereocenters. The molecule has 0 radical (unpaired) electrons. The molecule has 5 aromatic rings. The van der Waals surface area contributed by atoms with Crippen LogP contribution in [0.4, 0.5) is 4.39 Å². The first-order chi connectivity index (χ1) is 18.5. The number of aromatic nitrogens is 6. The Morgan fingerprint density at radius 3 is 2.66 bits per heavy atom. The van der Waals surface area contributed by atoms with E-state index >= 15 is 0 Å². The lowest BCUT2D eigenvalue weighted by Gasteiger charge is -2.30. The molecular formula is C28H28FN7O2. The maximum absolute atomic E-state index is 13.4. The van der Waals surface area contributed by atoms with Crippen molar-refractivity contribution in [3.63, 3.8) is 0 Å². The molecule has 38 heavy (non-hydrogen) atoms. The summed E-state index contributed by atoms with van der Waals surface area (Å²) in [5.41, 5.74) is 3.07. The molecule has 0 aliphatic rings. The summed E-state index contributed by atoms with van der Waals surface area (Å²) in [6, 6.07) is 17.5. The predicted octanol–water partition coefficient (Wildman–Crippen LogP) is 4.26. The third-order valence-corrected chi connectivity index (χ3v) is 6.54. The summed E-state index contributed by atoms with van der Waals surface area (Å²) in [4.78, 5) is 22.6. The number of methoxy groups -OCH3 is 1. The number of nitrogens with zero attached hydrogens (tertiary/aromatic N) is 6. The van der Waals surface area contributed by atoms with Gasteiger partial charge < -0.3 is 9.72 Å². The maximum Gasteiger partial charge on any atom is 0.252 e. The SMILES string of the molecule is CC[C@@H](c1nnnn1Cc1ccc(F)cc1)N(Cc1cccnc1)Cc1cc2ccc(OC)cc2[nH]c1=O. The molecule has 0 saturated heterocycles. The average Bonchev–Trinajstić information content (AvgIpc) is 3.38. The average molecular weight is 514 g/mol. The predicted molar refractivity (Wildman–Crippen MR) is 141 cm³/mol. The van der Waals surface area contributed by atoms with Crippen molar-refractivity contribution in [2.24, 2.45) is 0 Å². The first kappa shape index (κ1) is 25.2. The Kier molecular flexibility index (Phi) is 7.50. The minimum atomic E-state index is -0.293. The van der Waals surface area contributed by atoms with Gasteiger partial charge >= 0.3 is 0 Å². The monoisotopic (exact) mass is 513 g/mol. The van der Waals surface area contributed by atoms with E-state index in [-0.39, 0.29) is 17.4 Å². The largest absolute Gasteiger partial charge is 0.497 e. The van der Waals surface area contributed by atoms with Crippen molar-refractivity contribution in [3.8, 4) is 5.75 Å². The number of halogens is 1. The van der Waals surface area contributed by atoms with Crippen LogP contribution in [-0.4, -0.2) is 42.2 Å². The van der Waals surface area contributed by atoms with Gasteiger partial charge in [-0.25, -0.2) is 9.07 Å². The normalized spacial score (nSPS) is 12.2. The van der Waals surface area contributed by atoms with Gasteiger partial charge in [-0.15, -0.1) is 5.10 Å². The molecule has 0 saturated carbocycles. The molecule has 0 bridgehead atoms.